The van der Waals surface area contributed by atoms with Crippen LogP contribution in [0, 0.1) is 6.92 Å². The van der Waals surface area contributed by atoms with Crippen molar-refractivity contribution in [2.45, 2.75) is 26.8 Å². The van der Waals surface area contributed by atoms with E-state index in [1.54, 1.807) is 19.1 Å². The molecule has 0 aliphatic carbocycles. The largest absolute Gasteiger partial charge is 0.462 e. The summed E-state index contributed by atoms with van der Waals surface area (Å²) in [5, 5.41) is 6.38. The van der Waals surface area contributed by atoms with Gasteiger partial charge >= 0.3 is 5.97 Å². The third-order valence-corrected chi connectivity index (χ3v) is 4.95. The molecule has 0 radical (unpaired) electrons. The summed E-state index contributed by atoms with van der Waals surface area (Å²) in [6.45, 7) is 7.00. The number of quaternary nitrogens is 1. The molecule has 148 valence electrons. The molecule has 2 aromatic rings. The highest BCUT2D eigenvalue weighted by atomic mass is 16.5. The average Bonchev–Trinajstić information content (AvgIpc) is 3.11. The lowest BCUT2D eigenvalue weighted by atomic mass is 10.1. The summed E-state index contributed by atoms with van der Waals surface area (Å²) in [6.07, 6.45) is 1.06. The van der Waals surface area contributed by atoms with E-state index in [0.717, 1.165) is 36.6 Å². The van der Waals surface area contributed by atoms with Gasteiger partial charge in [0.1, 0.15) is 0 Å². The van der Waals surface area contributed by atoms with E-state index in [1.165, 1.54) is 5.56 Å². The fraction of sp³-hybridized carbons (Fsp3) is 0.364. The summed E-state index contributed by atoms with van der Waals surface area (Å²) >= 11 is 0. The lowest BCUT2D eigenvalue weighted by molar-refractivity contribution is -0.997. The van der Waals surface area contributed by atoms with Gasteiger partial charge in [-0.15, -0.1) is 0 Å². The molecule has 1 atom stereocenters. The number of amides is 1. The molecular formula is C22H28N3O3+. The summed E-state index contributed by atoms with van der Waals surface area (Å²) < 4.78 is 5.12. The molecule has 6 nitrogen and oxygen atoms in total. The van der Waals surface area contributed by atoms with Crippen LogP contribution in [0.1, 0.15) is 34.8 Å². The van der Waals surface area contributed by atoms with Crippen molar-refractivity contribution in [1.82, 2.24) is 5.01 Å². The Hall–Kier alpha value is -2.70. The zero-order valence-electron chi connectivity index (χ0n) is 16.5. The minimum Gasteiger partial charge on any atom is -0.462 e. The van der Waals surface area contributed by atoms with Crippen molar-refractivity contribution in [2.75, 3.05) is 31.6 Å². The Morgan fingerprint density at radius 2 is 1.93 bits per heavy atom. The van der Waals surface area contributed by atoms with Gasteiger partial charge in [-0.25, -0.2) is 9.80 Å². The second-order valence-electron chi connectivity index (χ2n) is 7.02. The van der Waals surface area contributed by atoms with E-state index in [9.17, 15) is 9.59 Å². The highest BCUT2D eigenvalue weighted by molar-refractivity contribution is 6.02. The molecule has 1 saturated heterocycles. The van der Waals surface area contributed by atoms with Gasteiger partial charge in [0.15, 0.2) is 6.54 Å². The zero-order chi connectivity index (χ0) is 19.9. The van der Waals surface area contributed by atoms with Crippen molar-refractivity contribution < 1.29 is 19.3 Å². The van der Waals surface area contributed by atoms with Crippen LogP contribution in [-0.4, -0.2) is 43.1 Å². The first-order chi connectivity index (χ1) is 13.6. The molecule has 1 fully saturated rings. The van der Waals surface area contributed by atoms with Gasteiger partial charge in [-0.1, -0.05) is 42.5 Å². The average molecular weight is 382 g/mol. The topological polar surface area (TPSA) is 63.1 Å². The standard InChI is InChI=1S/C22H27N3O3/c1-3-28-22(27)19-12-7-9-17(2)21(19)23-20(26)16-25-14-8-13-24(25)15-18-10-5-4-6-11-18/h4-7,9-12H,3,8,13-16H2,1-2H3,(H,23,26)/p+1. The number of carbonyl (C=O) groups excluding carboxylic acids is 2. The Kier molecular flexibility index (Phi) is 6.79. The van der Waals surface area contributed by atoms with E-state index in [0.29, 0.717) is 24.4 Å². The van der Waals surface area contributed by atoms with Gasteiger partial charge in [-0.05, 0) is 31.0 Å². The number of nitrogens with zero attached hydrogens (tertiary/aromatic N) is 1. The van der Waals surface area contributed by atoms with Crippen LogP contribution < -0.4 is 10.3 Å². The normalized spacial score (nSPS) is 16.7. The number of rotatable bonds is 7. The van der Waals surface area contributed by atoms with Crippen LogP contribution in [0.4, 0.5) is 5.69 Å². The van der Waals surface area contributed by atoms with Crippen molar-refractivity contribution in [3.63, 3.8) is 0 Å². The first kappa shape index (κ1) is 20.0. The molecule has 1 aliphatic heterocycles. The second kappa shape index (κ2) is 9.48. The molecule has 28 heavy (non-hydrogen) atoms. The van der Waals surface area contributed by atoms with Crippen molar-refractivity contribution in [3.05, 3.63) is 65.2 Å². The third-order valence-electron chi connectivity index (χ3n) is 4.95. The quantitative estimate of drug-likeness (QED) is 0.717. The number of ether oxygens (including phenoxy) is 1. The number of hydrogen-bond donors (Lipinski definition) is 2. The molecule has 0 saturated carbocycles. The maximum Gasteiger partial charge on any atom is 0.340 e. The van der Waals surface area contributed by atoms with E-state index in [2.05, 4.69) is 22.5 Å². The fourth-order valence-electron chi connectivity index (χ4n) is 3.57. The van der Waals surface area contributed by atoms with Crippen molar-refractivity contribution in [3.8, 4) is 0 Å². The minimum atomic E-state index is -0.416. The molecule has 0 bridgehead atoms. The van der Waals surface area contributed by atoms with E-state index in [-0.39, 0.29) is 5.91 Å². The second-order valence-corrected chi connectivity index (χ2v) is 7.02. The SMILES string of the molecule is CCOC(=O)c1cccc(C)c1NC(=O)C[NH+]1CCCN1Cc1ccccc1. The molecule has 1 heterocycles. The lowest BCUT2D eigenvalue weighted by Gasteiger charge is -2.24. The Labute approximate surface area is 166 Å². The lowest BCUT2D eigenvalue weighted by Crippen LogP contribution is -3.16. The van der Waals surface area contributed by atoms with E-state index < -0.39 is 5.97 Å². The molecule has 0 spiro atoms. The Morgan fingerprint density at radius 3 is 2.68 bits per heavy atom. The molecule has 3 rings (SSSR count). The fourth-order valence-corrected chi connectivity index (χ4v) is 3.57. The molecule has 2 aromatic carbocycles. The van der Waals surface area contributed by atoms with Gasteiger partial charge < -0.3 is 10.1 Å². The van der Waals surface area contributed by atoms with Crippen molar-refractivity contribution >= 4 is 17.6 Å². The van der Waals surface area contributed by atoms with Gasteiger partial charge in [0.2, 0.25) is 0 Å². The highest BCUT2D eigenvalue weighted by Crippen LogP contribution is 2.21. The number of nitrogens with one attached hydrogen (secondary N) is 2. The third kappa shape index (κ3) is 4.97. The Balaban J connectivity index is 1.66. The minimum absolute atomic E-state index is 0.102. The van der Waals surface area contributed by atoms with Crippen LogP contribution in [0.2, 0.25) is 0 Å². The van der Waals surface area contributed by atoms with E-state index in [1.807, 2.05) is 31.2 Å². The first-order valence-electron chi connectivity index (χ1n) is 9.78. The number of esters is 1. The van der Waals surface area contributed by atoms with E-state index in [4.69, 9.17) is 4.74 Å². The smallest absolute Gasteiger partial charge is 0.340 e. The number of carbonyl (C=O) groups is 2. The zero-order valence-corrected chi connectivity index (χ0v) is 16.5. The van der Waals surface area contributed by atoms with Gasteiger partial charge in [-0.2, -0.15) is 5.01 Å². The number of anilines is 1. The molecule has 0 aromatic heterocycles. The van der Waals surface area contributed by atoms with E-state index >= 15 is 0 Å². The molecule has 2 N–H and O–H groups in total. The molecule has 1 aliphatic rings. The number of para-hydroxylation sites is 1. The summed E-state index contributed by atoms with van der Waals surface area (Å²) in [5.41, 5.74) is 3.02. The van der Waals surface area contributed by atoms with Crippen LogP contribution in [0.15, 0.2) is 48.5 Å². The Bertz CT molecular complexity index is 823. The summed E-state index contributed by atoms with van der Waals surface area (Å²) in [6, 6.07) is 15.6. The van der Waals surface area contributed by atoms with Crippen molar-refractivity contribution in [1.29, 1.82) is 0 Å². The van der Waals surface area contributed by atoms with Crippen LogP contribution in [0.5, 0.6) is 0 Å². The number of aryl methyl sites for hydroxylation is 1. The van der Waals surface area contributed by atoms with Crippen LogP contribution in [-0.2, 0) is 16.1 Å². The molecule has 1 amide bonds. The Morgan fingerprint density at radius 1 is 1.14 bits per heavy atom. The van der Waals surface area contributed by atoms with Gasteiger partial charge in [-0.3, -0.25) is 4.79 Å². The number of hydrogen-bond acceptors (Lipinski definition) is 4. The molecule has 6 heteroatoms. The molecular weight excluding hydrogens is 354 g/mol. The molecule has 1 unspecified atom stereocenters. The summed E-state index contributed by atoms with van der Waals surface area (Å²) in [7, 11) is 0. The maximum atomic E-state index is 12.7. The van der Waals surface area contributed by atoms with Crippen LogP contribution >= 0.6 is 0 Å². The van der Waals surface area contributed by atoms with Crippen molar-refractivity contribution in [2.24, 2.45) is 0 Å². The highest BCUT2D eigenvalue weighted by Gasteiger charge is 2.29. The maximum absolute atomic E-state index is 12.7. The van der Waals surface area contributed by atoms with Crippen LogP contribution in [0.3, 0.4) is 0 Å². The predicted octanol–water partition coefficient (Wildman–Crippen LogP) is 1.82. The predicted molar refractivity (Wildman–Crippen MR) is 108 cm³/mol. The van der Waals surface area contributed by atoms with Gasteiger partial charge in [0.05, 0.1) is 37.5 Å². The van der Waals surface area contributed by atoms with Gasteiger partial charge in [0.25, 0.3) is 5.91 Å². The van der Waals surface area contributed by atoms with Crippen LogP contribution in [0.25, 0.3) is 0 Å². The van der Waals surface area contributed by atoms with Gasteiger partial charge in [0, 0.05) is 6.42 Å². The first-order valence-corrected chi connectivity index (χ1v) is 9.78. The summed E-state index contributed by atoms with van der Waals surface area (Å²) in [5.74, 6) is -0.518. The monoisotopic (exact) mass is 382 g/mol. The summed E-state index contributed by atoms with van der Waals surface area (Å²) in [4.78, 5) is 25.0. The number of benzene rings is 2.